The van der Waals surface area contributed by atoms with Crippen LogP contribution in [0.15, 0.2) is 261 Å². The maximum Gasteiger partial charge on any atom is 0.0713 e. The Bertz CT molecular complexity index is 3890. The zero-order valence-corrected chi connectivity index (χ0v) is 39.7. The molecule has 0 radical (unpaired) electrons. The predicted molar refractivity (Wildman–Crippen MR) is 301 cm³/mol. The lowest BCUT2D eigenvalue weighted by Gasteiger charge is -2.34. The van der Waals surface area contributed by atoms with E-state index in [-0.39, 0.29) is 0 Å². The van der Waals surface area contributed by atoms with Crippen LogP contribution in [0.5, 0.6) is 0 Å². The van der Waals surface area contributed by atoms with Gasteiger partial charge < -0.3 is 4.90 Å². The van der Waals surface area contributed by atoms with Gasteiger partial charge in [0.1, 0.15) is 0 Å². The van der Waals surface area contributed by atoms with Crippen LogP contribution in [0.1, 0.15) is 22.3 Å². The fraction of sp³-hybridized carbons (Fsp3) is 0.0149. The van der Waals surface area contributed by atoms with Crippen molar-refractivity contribution in [2.75, 3.05) is 4.90 Å². The summed E-state index contributed by atoms with van der Waals surface area (Å²) in [6.07, 6.45) is 0. The topological polar surface area (TPSA) is 3.24 Å². The van der Waals surface area contributed by atoms with Gasteiger partial charge in [0.2, 0.25) is 0 Å². The van der Waals surface area contributed by atoms with E-state index in [4.69, 9.17) is 0 Å². The minimum absolute atomic E-state index is 0.454. The summed E-state index contributed by atoms with van der Waals surface area (Å²) in [7, 11) is 0. The fourth-order valence-corrected chi connectivity index (χ4v) is 14.0. The van der Waals surface area contributed by atoms with Crippen LogP contribution in [0, 0.1) is 0 Å². The Morgan fingerprint density at radius 3 is 1.16 bits per heavy atom. The van der Waals surface area contributed by atoms with E-state index in [0.29, 0.717) is 0 Å². The molecule has 0 N–H and O–H groups in total. The molecule has 14 rings (SSSR count). The number of benzene rings is 11. The van der Waals surface area contributed by atoms with E-state index in [1.165, 1.54) is 107 Å². The van der Waals surface area contributed by atoms with Crippen LogP contribution in [0.4, 0.5) is 17.1 Å². The standard InChI is InChI=1S/C67H43NS2/c1-3-16-47(17-4-1)67(48-18-5-2-6-19-48)60-28-10-7-22-59(60)64-52(23-15-29-61(64)67)44-32-38-49(39-33-44)68(50-40-34-45(35-41-50)53-24-13-26-57-55-20-8-11-30-62(55)69-65(53)57)51-42-36-46(37-43-51)54-25-14-27-58-56-21-9-12-31-63(56)70-66(54)58/h1-43H. The van der Waals surface area contributed by atoms with E-state index in [2.05, 4.69) is 266 Å². The molecule has 0 atom stereocenters. The fourth-order valence-electron chi connectivity index (χ4n) is 11.5. The third kappa shape index (κ3) is 6.29. The molecule has 11 aromatic carbocycles. The lowest BCUT2D eigenvalue weighted by Crippen LogP contribution is -2.28. The minimum Gasteiger partial charge on any atom is -0.311 e. The molecule has 0 unspecified atom stereocenters. The summed E-state index contributed by atoms with van der Waals surface area (Å²) in [6, 6.07) is 96.6. The molecule has 1 aliphatic rings. The number of thiophene rings is 2. The zero-order chi connectivity index (χ0) is 46.2. The van der Waals surface area contributed by atoms with Crippen molar-refractivity contribution in [1.29, 1.82) is 0 Å². The highest BCUT2D eigenvalue weighted by Gasteiger charge is 2.46. The van der Waals surface area contributed by atoms with Crippen molar-refractivity contribution in [2.45, 2.75) is 5.41 Å². The van der Waals surface area contributed by atoms with Crippen molar-refractivity contribution >= 4 is 80.1 Å². The van der Waals surface area contributed by atoms with E-state index >= 15 is 0 Å². The van der Waals surface area contributed by atoms with Gasteiger partial charge in [-0.05, 0) is 115 Å². The molecule has 13 aromatic rings. The van der Waals surface area contributed by atoms with Gasteiger partial charge in [0.05, 0.1) is 5.41 Å². The second-order valence-corrected chi connectivity index (χ2v) is 20.4. The van der Waals surface area contributed by atoms with Crippen LogP contribution < -0.4 is 4.90 Å². The molecule has 1 aliphatic carbocycles. The van der Waals surface area contributed by atoms with Gasteiger partial charge >= 0.3 is 0 Å². The molecular weight excluding hydrogens is 883 g/mol. The Labute approximate surface area is 415 Å². The van der Waals surface area contributed by atoms with Crippen LogP contribution in [0.25, 0.3) is 84.9 Å². The first-order chi connectivity index (χ1) is 34.7. The Morgan fingerprint density at radius 1 is 0.271 bits per heavy atom. The summed E-state index contributed by atoms with van der Waals surface area (Å²) in [4.78, 5) is 2.40. The second-order valence-electron chi connectivity index (χ2n) is 18.3. The molecule has 0 spiro atoms. The molecule has 0 fully saturated rings. The quantitative estimate of drug-likeness (QED) is 0.147. The summed E-state index contributed by atoms with van der Waals surface area (Å²) >= 11 is 3.76. The SMILES string of the molecule is c1ccc(C2(c3ccccc3)c3ccccc3-c3c(-c4ccc(N(c5ccc(-c6cccc7c6sc6ccccc67)cc5)c5ccc(-c6cccc7c6sc6ccccc67)cc5)cc4)cccc32)cc1. The van der Waals surface area contributed by atoms with Gasteiger partial charge in [0, 0.05) is 57.4 Å². The largest absolute Gasteiger partial charge is 0.311 e. The molecule has 2 heterocycles. The Morgan fingerprint density at radius 2 is 0.643 bits per heavy atom. The maximum atomic E-state index is 2.40. The summed E-state index contributed by atoms with van der Waals surface area (Å²) in [5, 5.41) is 5.26. The van der Waals surface area contributed by atoms with Crippen LogP contribution in [-0.4, -0.2) is 0 Å². The van der Waals surface area contributed by atoms with Gasteiger partial charge in [-0.25, -0.2) is 0 Å². The van der Waals surface area contributed by atoms with Crippen molar-refractivity contribution in [3.05, 3.63) is 283 Å². The summed E-state index contributed by atoms with van der Waals surface area (Å²) < 4.78 is 5.29. The van der Waals surface area contributed by atoms with E-state index in [9.17, 15) is 0 Å². The first-order valence-corrected chi connectivity index (χ1v) is 25.6. The number of nitrogens with zero attached hydrogens (tertiary/aromatic N) is 1. The Hall–Kier alpha value is -8.34. The molecular formula is C67H43NS2. The Balaban J connectivity index is 0.891. The predicted octanol–water partition coefficient (Wildman–Crippen LogP) is 19.3. The average Bonchev–Trinajstić information content (AvgIpc) is 4.11. The van der Waals surface area contributed by atoms with Crippen molar-refractivity contribution < 1.29 is 0 Å². The highest BCUT2D eigenvalue weighted by molar-refractivity contribution is 7.26. The highest BCUT2D eigenvalue weighted by Crippen LogP contribution is 2.58. The second kappa shape index (κ2) is 16.4. The third-order valence-corrected chi connectivity index (χ3v) is 17.0. The van der Waals surface area contributed by atoms with Crippen molar-refractivity contribution in [1.82, 2.24) is 0 Å². The number of hydrogen-bond donors (Lipinski definition) is 0. The average molecular weight is 926 g/mol. The van der Waals surface area contributed by atoms with Crippen LogP contribution in [-0.2, 0) is 5.41 Å². The molecule has 70 heavy (non-hydrogen) atoms. The monoisotopic (exact) mass is 925 g/mol. The summed E-state index contributed by atoms with van der Waals surface area (Å²) in [5.74, 6) is 0. The molecule has 0 bridgehead atoms. The maximum absolute atomic E-state index is 2.40. The van der Waals surface area contributed by atoms with Gasteiger partial charge in [-0.1, -0.05) is 212 Å². The van der Waals surface area contributed by atoms with Crippen molar-refractivity contribution in [3.8, 4) is 44.5 Å². The number of fused-ring (bicyclic) bond motifs is 9. The van der Waals surface area contributed by atoms with Gasteiger partial charge in [-0.3, -0.25) is 0 Å². The van der Waals surface area contributed by atoms with E-state index in [0.717, 1.165) is 17.1 Å². The lowest BCUT2D eigenvalue weighted by atomic mass is 9.67. The van der Waals surface area contributed by atoms with E-state index < -0.39 is 5.41 Å². The summed E-state index contributed by atoms with van der Waals surface area (Å²) in [5.41, 5.74) is 18.0. The normalized spacial score (nSPS) is 12.7. The van der Waals surface area contributed by atoms with Crippen LogP contribution in [0.3, 0.4) is 0 Å². The minimum atomic E-state index is -0.454. The smallest absolute Gasteiger partial charge is 0.0713 e. The molecule has 0 aliphatic heterocycles. The first kappa shape index (κ1) is 40.7. The number of hydrogen-bond acceptors (Lipinski definition) is 3. The van der Waals surface area contributed by atoms with Gasteiger partial charge in [-0.2, -0.15) is 0 Å². The zero-order valence-electron chi connectivity index (χ0n) is 38.1. The van der Waals surface area contributed by atoms with Crippen LogP contribution >= 0.6 is 22.7 Å². The Kier molecular flexibility index (Phi) is 9.55. The third-order valence-electron chi connectivity index (χ3n) is 14.6. The molecule has 0 saturated carbocycles. The highest BCUT2D eigenvalue weighted by atomic mass is 32.1. The molecule has 1 nitrogen and oxygen atoms in total. The first-order valence-electron chi connectivity index (χ1n) is 24.0. The number of rotatable bonds is 8. The molecule has 3 heteroatoms. The molecule has 2 aromatic heterocycles. The molecule has 0 amide bonds. The van der Waals surface area contributed by atoms with Gasteiger partial charge in [0.15, 0.2) is 0 Å². The van der Waals surface area contributed by atoms with Crippen LogP contribution in [0.2, 0.25) is 0 Å². The summed E-state index contributed by atoms with van der Waals surface area (Å²) in [6.45, 7) is 0. The van der Waals surface area contributed by atoms with E-state index in [1.807, 2.05) is 22.7 Å². The number of anilines is 3. The van der Waals surface area contributed by atoms with E-state index in [1.54, 1.807) is 0 Å². The van der Waals surface area contributed by atoms with Crippen molar-refractivity contribution in [2.24, 2.45) is 0 Å². The van der Waals surface area contributed by atoms with Gasteiger partial charge in [-0.15, -0.1) is 22.7 Å². The molecule has 0 saturated heterocycles. The molecule has 328 valence electrons. The van der Waals surface area contributed by atoms with Gasteiger partial charge in [0.25, 0.3) is 0 Å². The lowest BCUT2D eigenvalue weighted by molar-refractivity contribution is 0.768. The van der Waals surface area contributed by atoms with Crippen molar-refractivity contribution in [3.63, 3.8) is 0 Å².